The summed E-state index contributed by atoms with van der Waals surface area (Å²) < 4.78 is 5.26. The molecule has 17 heavy (non-hydrogen) atoms. The van der Waals surface area contributed by atoms with Crippen molar-refractivity contribution in [2.75, 3.05) is 26.8 Å². The van der Waals surface area contributed by atoms with E-state index in [0.29, 0.717) is 6.61 Å². The number of aliphatic hydroxyl groups excluding tert-OH is 1. The van der Waals surface area contributed by atoms with Gasteiger partial charge in [-0.15, -0.1) is 0 Å². The van der Waals surface area contributed by atoms with E-state index in [-0.39, 0.29) is 0 Å². The summed E-state index contributed by atoms with van der Waals surface area (Å²) in [5.41, 5.74) is 2.84. The van der Waals surface area contributed by atoms with Crippen LogP contribution in [0.2, 0.25) is 0 Å². The van der Waals surface area contributed by atoms with E-state index in [4.69, 9.17) is 9.84 Å². The van der Waals surface area contributed by atoms with Crippen LogP contribution in [0.3, 0.4) is 0 Å². The van der Waals surface area contributed by atoms with Crippen molar-refractivity contribution >= 4 is 0 Å². The fourth-order valence-corrected chi connectivity index (χ4v) is 2.36. The summed E-state index contributed by atoms with van der Waals surface area (Å²) in [4.78, 5) is 2.46. The normalized spacial score (nSPS) is 15.6. The zero-order chi connectivity index (χ0) is 12.1. The van der Waals surface area contributed by atoms with Gasteiger partial charge in [0.15, 0.2) is 0 Å². The third kappa shape index (κ3) is 3.20. The number of rotatable bonds is 5. The maximum atomic E-state index is 8.79. The Balaban J connectivity index is 1.96. The molecule has 1 aliphatic rings. The maximum absolute atomic E-state index is 8.79. The van der Waals surface area contributed by atoms with Gasteiger partial charge < -0.3 is 9.84 Å². The minimum Gasteiger partial charge on any atom is -0.497 e. The molecule has 0 unspecified atom stereocenters. The Morgan fingerprint density at radius 1 is 1.29 bits per heavy atom. The average molecular weight is 235 g/mol. The van der Waals surface area contributed by atoms with Crippen molar-refractivity contribution in [3.05, 3.63) is 29.3 Å². The van der Waals surface area contributed by atoms with Gasteiger partial charge >= 0.3 is 0 Å². The Bertz CT molecular complexity index is 365. The smallest absolute Gasteiger partial charge is 0.119 e. The molecule has 94 valence electrons. The summed E-state index contributed by atoms with van der Waals surface area (Å²) in [6.07, 6.45) is 3.11. The first-order valence-corrected chi connectivity index (χ1v) is 6.32. The second-order valence-electron chi connectivity index (χ2n) is 4.59. The van der Waals surface area contributed by atoms with Gasteiger partial charge in [-0.1, -0.05) is 6.07 Å². The van der Waals surface area contributed by atoms with Gasteiger partial charge in [-0.3, -0.25) is 4.90 Å². The molecule has 0 aromatic heterocycles. The SMILES string of the molecule is COc1ccc2c(c1)CN(CCCCO)CC2. The molecule has 1 aliphatic heterocycles. The van der Waals surface area contributed by atoms with Crippen molar-refractivity contribution in [3.8, 4) is 5.75 Å². The molecule has 0 aliphatic carbocycles. The Morgan fingerprint density at radius 2 is 2.18 bits per heavy atom. The monoisotopic (exact) mass is 235 g/mol. The molecule has 0 spiro atoms. The minimum atomic E-state index is 0.304. The van der Waals surface area contributed by atoms with E-state index in [1.807, 2.05) is 6.07 Å². The van der Waals surface area contributed by atoms with Crippen molar-refractivity contribution in [1.29, 1.82) is 0 Å². The number of fused-ring (bicyclic) bond motifs is 1. The van der Waals surface area contributed by atoms with Crippen molar-refractivity contribution in [2.24, 2.45) is 0 Å². The van der Waals surface area contributed by atoms with E-state index < -0.39 is 0 Å². The molecule has 2 rings (SSSR count). The molecule has 3 nitrogen and oxygen atoms in total. The summed E-state index contributed by atoms with van der Waals surface area (Å²) in [6, 6.07) is 6.37. The van der Waals surface area contributed by atoms with Crippen LogP contribution < -0.4 is 4.74 Å². The number of methoxy groups -OCH3 is 1. The van der Waals surface area contributed by atoms with E-state index in [2.05, 4.69) is 17.0 Å². The fraction of sp³-hybridized carbons (Fsp3) is 0.571. The van der Waals surface area contributed by atoms with Crippen molar-refractivity contribution in [1.82, 2.24) is 4.90 Å². The van der Waals surface area contributed by atoms with Gasteiger partial charge in [-0.25, -0.2) is 0 Å². The summed E-state index contributed by atoms with van der Waals surface area (Å²) in [7, 11) is 1.71. The number of hydrogen-bond donors (Lipinski definition) is 1. The first-order chi connectivity index (χ1) is 8.33. The summed E-state index contributed by atoms with van der Waals surface area (Å²) in [6.45, 7) is 3.53. The molecule has 1 N–H and O–H groups in total. The molecule has 0 radical (unpaired) electrons. The number of benzene rings is 1. The molecule has 0 amide bonds. The lowest BCUT2D eigenvalue weighted by atomic mass is 9.99. The third-order valence-electron chi connectivity index (χ3n) is 3.39. The third-order valence-corrected chi connectivity index (χ3v) is 3.39. The van der Waals surface area contributed by atoms with Crippen LogP contribution >= 0.6 is 0 Å². The predicted molar refractivity (Wildman–Crippen MR) is 68.3 cm³/mol. The Labute approximate surface area is 103 Å². The summed E-state index contributed by atoms with van der Waals surface area (Å²) in [5.74, 6) is 0.945. The largest absolute Gasteiger partial charge is 0.497 e. The lowest BCUT2D eigenvalue weighted by Crippen LogP contribution is -2.31. The van der Waals surface area contributed by atoms with E-state index in [1.54, 1.807) is 7.11 Å². The molecular formula is C14H21NO2. The molecule has 1 heterocycles. The van der Waals surface area contributed by atoms with Crippen LogP contribution in [-0.2, 0) is 13.0 Å². The standard InChI is InChI=1S/C14H21NO2/c1-17-14-5-4-12-6-8-15(7-2-3-9-16)11-13(12)10-14/h4-5,10,16H,2-3,6-9,11H2,1H3. The molecule has 3 heteroatoms. The molecular weight excluding hydrogens is 214 g/mol. The van der Waals surface area contributed by atoms with Crippen LogP contribution in [-0.4, -0.2) is 36.8 Å². The quantitative estimate of drug-likeness (QED) is 0.790. The van der Waals surface area contributed by atoms with Crippen LogP contribution in [0.5, 0.6) is 5.75 Å². The zero-order valence-corrected chi connectivity index (χ0v) is 10.5. The van der Waals surface area contributed by atoms with Gasteiger partial charge in [0.05, 0.1) is 7.11 Å². The summed E-state index contributed by atoms with van der Waals surface area (Å²) >= 11 is 0. The van der Waals surface area contributed by atoms with Crippen molar-refractivity contribution < 1.29 is 9.84 Å². The van der Waals surface area contributed by atoms with Crippen LogP contribution in [0.4, 0.5) is 0 Å². The highest BCUT2D eigenvalue weighted by atomic mass is 16.5. The Morgan fingerprint density at radius 3 is 2.94 bits per heavy atom. The minimum absolute atomic E-state index is 0.304. The Kier molecular flexibility index (Phi) is 4.40. The van der Waals surface area contributed by atoms with Gasteiger partial charge in [0.2, 0.25) is 0 Å². The molecule has 1 aromatic carbocycles. The highest BCUT2D eigenvalue weighted by Crippen LogP contribution is 2.23. The first-order valence-electron chi connectivity index (χ1n) is 6.32. The van der Waals surface area contributed by atoms with Crippen LogP contribution in [0.1, 0.15) is 24.0 Å². The van der Waals surface area contributed by atoms with Crippen LogP contribution in [0.15, 0.2) is 18.2 Å². The van der Waals surface area contributed by atoms with E-state index >= 15 is 0 Å². The second-order valence-corrected chi connectivity index (χ2v) is 4.59. The molecule has 0 bridgehead atoms. The van der Waals surface area contributed by atoms with E-state index in [9.17, 15) is 0 Å². The van der Waals surface area contributed by atoms with E-state index in [1.165, 1.54) is 11.1 Å². The molecule has 0 saturated heterocycles. The van der Waals surface area contributed by atoms with Gasteiger partial charge in [0.25, 0.3) is 0 Å². The van der Waals surface area contributed by atoms with Gasteiger partial charge in [0.1, 0.15) is 5.75 Å². The van der Waals surface area contributed by atoms with Crippen molar-refractivity contribution in [2.45, 2.75) is 25.8 Å². The molecule has 0 fully saturated rings. The molecule has 0 saturated carbocycles. The van der Waals surface area contributed by atoms with Crippen LogP contribution in [0, 0.1) is 0 Å². The van der Waals surface area contributed by atoms with Gasteiger partial charge in [-0.2, -0.15) is 0 Å². The number of ether oxygens (including phenoxy) is 1. The molecule has 1 aromatic rings. The highest BCUT2D eigenvalue weighted by Gasteiger charge is 2.16. The lowest BCUT2D eigenvalue weighted by Gasteiger charge is -2.28. The number of hydrogen-bond acceptors (Lipinski definition) is 3. The van der Waals surface area contributed by atoms with Crippen molar-refractivity contribution in [3.63, 3.8) is 0 Å². The zero-order valence-electron chi connectivity index (χ0n) is 10.5. The summed E-state index contributed by atoms with van der Waals surface area (Å²) in [5, 5.41) is 8.79. The fourth-order valence-electron chi connectivity index (χ4n) is 2.36. The lowest BCUT2D eigenvalue weighted by molar-refractivity contribution is 0.229. The average Bonchev–Trinajstić information content (AvgIpc) is 2.38. The van der Waals surface area contributed by atoms with Crippen LogP contribution in [0.25, 0.3) is 0 Å². The van der Waals surface area contributed by atoms with E-state index in [0.717, 1.165) is 44.6 Å². The predicted octanol–water partition coefficient (Wildman–Crippen LogP) is 1.83. The molecule has 0 atom stereocenters. The van der Waals surface area contributed by atoms with Gasteiger partial charge in [0, 0.05) is 19.7 Å². The maximum Gasteiger partial charge on any atom is 0.119 e. The number of aliphatic hydroxyl groups is 1. The Hall–Kier alpha value is -1.06. The first kappa shape index (κ1) is 12.4. The number of nitrogens with zero attached hydrogens (tertiary/aromatic N) is 1. The highest BCUT2D eigenvalue weighted by molar-refractivity contribution is 5.37. The topological polar surface area (TPSA) is 32.7 Å². The number of unbranched alkanes of at least 4 members (excludes halogenated alkanes) is 1. The van der Waals surface area contributed by atoms with Gasteiger partial charge in [-0.05, 0) is 49.1 Å². The second kappa shape index (κ2) is 6.03.